The quantitative estimate of drug-likeness (QED) is 0.457. The third kappa shape index (κ3) is 4.79. The SMILES string of the molecule is Cc1ccc(SCCCNC(=S)Nc2ccc3c(c2)OCO3)cc1. The van der Waals surface area contributed by atoms with Crippen molar-refractivity contribution in [3.05, 3.63) is 48.0 Å². The second-order valence-corrected chi connectivity index (χ2v) is 7.04. The third-order valence-corrected chi connectivity index (χ3v) is 4.87. The van der Waals surface area contributed by atoms with Crippen molar-refractivity contribution in [3.8, 4) is 11.5 Å². The Kier molecular flexibility index (Phi) is 5.82. The lowest BCUT2D eigenvalue weighted by Crippen LogP contribution is -2.29. The van der Waals surface area contributed by atoms with E-state index in [9.17, 15) is 0 Å². The molecule has 24 heavy (non-hydrogen) atoms. The van der Waals surface area contributed by atoms with E-state index >= 15 is 0 Å². The third-order valence-electron chi connectivity index (χ3n) is 3.53. The lowest BCUT2D eigenvalue weighted by molar-refractivity contribution is 0.174. The van der Waals surface area contributed by atoms with E-state index in [-0.39, 0.29) is 6.79 Å². The zero-order valence-corrected chi connectivity index (χ0v) is 15.1. The monoisotopic (exact) mass is 360 g/mol. The minimum atomic E-state index is 0.278. The second-order valence-electron chi connectivity index (χ2n) is 5.46. The number of anilines is 1. The molecule has 0 unspecified atom stereocenters. The van der Waals surface area contributed by atoms with Gasteiger partial charge in [0.1, 0.15) is 0 Å². The number of fused-ring (bicyclic) bond motifs is 1. The Balaban J connectivity index is 1.34. The van der Waals surface area contributed by atoms with Gasteiger partial charge in [0.25, 0.3) is 0 Å². The number of nitrogens with one attached hydrogen (secondary N) is 2. The number of ether oxygens (including phenoxy) is 2. The number of thioether (sulfide) groups is 1. The molecule has 1 aliphatic rings. The molecule has 6 heteroatoms. The first kappa shape index (κ1) is 16.9. The van der Waals surface area contributed by atoms with Crippen LogP contribution >= 0.6 is 24.0 Å². The van der Waals surface area contributed by atoms with E-state index in [1.807, 2.05) is 30.0 Å². The lowest BCUT2D eigenvalue weighted by Gasteiger charge is -2.11. The summed E-state index contributed by atoms with van der Waals surface area (Å²) in [6.45, 7) is 3.22. The molecular formula is C18H20N2O2S2. The highest BCUT2D eigenvalue weighted by Gasteiger charge is 2.13. The highest BCUT2D eigenvalue weighted by atomic mass is 32.2. The summed E-state index contributed by atoms with van der Waals surface area (Å²) >= 11 is 7.18. The minimum absolute atomic E-state index is 0.278. The largest absolute Gasteiger partial charge is 0.454 e. The van der Waals surface area contributed by atoms with Crippen molar-refractivity contribution >= 4 is 34.8 Å². The van der Waals surface area contributed by atoms with Crippen LogP contribution < -0.4 is 20.1 Å². The Morgan fingerprint density at radius 3 is 2.75 bits per heavy atom. The number of benzene rings is 2. The summed E-state index contributed by atoms with van der Waals surface area (Å²) < 4.78 is 10.6. The first-order valence-corrected chi connectivity index (χ1v) is 9.24. The molecule has 0 aromatic heterocycles. The van der Waals surface area contributed by atoms with Gasteiger partial charge in [-0.1, -0.05) is 17.7 Å². The van der Waals surface area contributed by atoms with Gasteiger partial charge in [0.05, 0.1) is 0 Å². The molecule has 0 saturated heterocycles. The Morgan fingerprint density at radius 1 is 1.12 bits per heavy atom. The fraction of sp³-hybridized carbons (Fsp3) is 0.278. The van der Waals surface area contributed by atoms with Crippen LogP contribution in [0.15, 0.2) is 47.4 Å². The Labute approximate surface area is 151 Å². The highest BCUT2D eigenvalue weighted by molar-refractivity contribution is 7.99. The molecule has 0 bridgehead atoms. The Morgan fingerprint density at radius 2 is 1.92 bits per heavy atom. The van der Waals surface area contributed by atoms with Crippen molar-refractivity contribution in [3.63, 3.8) is 0 Å². The Hall–Kier alpha value is -1.92. The van der Waals surface area contributed by atoms with Gasteiger partial charge in [-0.05, 0) is 55.6 Å². The van der Waals surface area contributed by atoms with Gasteiger partial charge in [-0.2, -0.15) is 0 Å². The second kappa shape index (κ2) is 8.26. The molecule has 0 aliphatic carbocycles. The molecule has 0 spiro atoms. The molecule has 2 N–H and O–H groups in total. The highest BCUT2D eigenvalue weighted by Crippen LogP contribution is 2.34. The number of aryl methyl sites for hydroxylation is 1. The predicted molar refractivity (Wildman–Crippen MR) is 103 cm³/mol. The van der Waals surface area contributed by atoms with Crippen LogP contribution in [0.4, 0.5) is 5.69 Å². The standard InChI is InChI=1S/C18H20N2O2S2/c1-13-3-6-15(7-4-13)24-10-2-9-19-18(23)20-14-5-8-16-17(11-14)22-12-21-16/h3-8,11H,2,9-10,12H2,1H3,(H2,19,20,23). The van der Waals surface area contributed by atoms with Crippen LogP contribution in [0.25, 0.3) is 0 Å². The van der Waals surface area contributed by atoms with Gasteiger partial charge in [0, 0.05) is 23.2 Å². The summed E-state index contributed by atoms with van der Waals surface area (Å²) in [5.74, 6) is 2.58. The van der Waals surface area contributed by atoms with Gasteiger partial charge in [-0.15, -0.1) is 11.8 Å². The summed E-state index contributed by atoms with van der Waals surface area (Å²) in [7, 11) is 0. The molecule has 1 heterocycles. The van der Waals surface area contributed by atoms with Crippen LogP contribution in [0.1, 0.15) is 12.0 Å². The molecule has 0 atom stereocenters. The van der Waals surface area contributed by atoms with E-state index in [1.54, 1.807) is 0 Å². The molecule has 0 fully saturated rings. The number of hydrogen-bond donors (Lipinski definition) is 2. The van der Waals surface area contributed by atoms with Crippen molar-refractivity contribution in [1.29, 1.82) is 0 Å². The molecule has 1 aliphatic heterocycles. The van der Waals surface area contributed by atoms with Crippen LogP contribution in [0.5, 0.6) is 11.5 Å². The zero-order valence-electron chi connectivity index (χ0n) is 13.5. The number of hydrogen-bond acceptors (Lipinski definition) is 4. The van der Waals surface area contributed by atoms with Gasteiger partial charge < -0.3 is 20.1 Å². The summed E-state index contributed by atoms with van der Waals surface area (Å²) in [6, 6.07) is 14.3. The van der Waals surface area contributed by atoms with Gasteiger partial charge in [0.2, 0.25) is 6.79 Å². The smallest absolute Gasteiger partial charge is 0.231 e. The van der Waals surface area contributed by atoms with Crippen LogP contribution in [-0.2, 0) is 0 Å². The molecule has 0 radical (unpaired) electrons. The van der Waals surface area contributed by atoms with E-state index in [0.29, 0.717) is 5.11 Å². The summed E-state index contributed by atoms with van der Waals surface area (Å²) in [6.07, 6.45) is 1.04. The molecule has 3 rings (SSSR count). The van der Waals surface area contributed by atoms with Crippen LogP contribution in [0.3, 0.4) is 0 Å². The molecule has 4 nitrogen and oxygen atoms in total. The maximum absolute atomic E-state index is 5.35. The maximum atomic E-state index is 5.35. The van der Waals surface area contributed by atoms with Gasteiger partial charge in [0.15, 0.2) is 16.6 Å². The molecule has 126 valence electrons. The van der Waals surface area contributed by atoms with Crippen molar-refractivity contribution in [2.45, 2.75) is 18.2 Å². The van der Waals surface area contributed by atoms with Crippen LogP contribution in [-0.4, -0.2) is 24.2 Å². The van der Waals surface area contributed by atoms with Crippen LogP contribution in [0, 0.1) is 6.92 Å². The van der Waals surface area contributed by atoms with Crippen molar-refractivity contribution in [1.82, 2.24) is 5.32 Å². The average Bonchev–Trinajstić information content (AvgIpc) is 3.04. The van der Waals surface area contributed by atoms with Gasteiger partial charge >= 0.3 is 0 Å². The van der Waals surface area contributed by atoms with E-state index in [4.69, 9.17) is 21.7 Å². The number of thiocarbonyl (C=S) groups is 1. The van der Waals surface area contributed by atoms with Crippen molar-refractivity contribution < 1.29 is 9.47 Å². The molecule has 2 aromatic rings. The van der Waals surface area contributed by atoms with Crippen LogP contribution in [0.2, 0.25) is 0 Å². The first-order chi connectivity index (χ1) is 11.7. The summed E-state index contributed by atoms with van der Waals surface area (Å²) in [4.78, 5) is 1.31. The van der Waals surface area contributed by atoms with Gasteiger partial charge in [-0.3, -0.25) is 0 Å². The summed E-state index contributed by atoms with van der Waals surface area (Å²) in [5, 5.41) is 7.01. The maximum Gasteiger partial charge on any atom is 0.231 e. The molecule has 0 amide bonds. The van der Waals surface area contributed by atoms with E-state index in [2.05, 4.69) is 41.8 Å². The lowest BCUT2D eigenvalue weighted by atomic mass is 10.2. The average molecular weight is 361 g/mol. The zero-order chi connectivity index (χ0) is 16.8. The normalized spacial score (nSPS) is 12.0. The van der Waals surface area contributed by atoms with Crippen molar-refractivity contribution in [2.75, 3.05) is 24.4 Å². The van der Waals surface area contributed by atoms with Crippen molar-refractivity contribution in [2.24, 2.45) is 0 Å². The fourth-order valence-electron chi connectivity index (χ4n) is 2.25. The van der Waals surface area contributed by atoms with E-state index in [0.717, 1.165) is 35.9 Å². The first-order valence-electron chi connectivity index (χ1n) is 7.85. The van der Waals surface area contributed by atoms with E-state index in [1.165, 1.54) is 10.5 Å². The Bertz CT molecular complexity index is 705. The molecular weight excluding hydrogens is 340 g/mol. The number of rotatable bonds is 6. The summed E-state index contributed by atoms with van der Waals surface area (Å²) in [5.41, 5.74) is 2.19. The van der Waals surface area contributed by atoms with Gasteiger partial charge in [-0.25, -0.2) is 0 Å². The predicted octanol–water partition coefficient (Wildman–Crippen LogP) is 4.19. The molecule has 0 saturated carbocycles. The topological polar surface area (TPSA) is 42.5 Å². The molecule has 2 aromatic carbocycles. The fourth-order valence-corrected chi connectivity index (χ4v) is 3.32. The minimum Gasteiger partial charge on any atom is -0.454 e. The van der Waals surface area contributed by atoms with E-state index < -0.39 is 0 Å².